The number of aromatic nitrogens is 3. The number of hydrogen-bond acceptors (Lipinski definition) is 5. The number of aryl methyl sites for hydroxylation is 1. The molecule has 0 radical (unpaired) electrons. The lowest BCUT2D eigenvalue weighted by Gasteiger charge is -2.10. The minimum absolute atomic E-state index is 0.184. The summed E-state index contributed by atoms with van der Waals surface area (Å²) in [6.45, 7) is 0. The van der Waals surface area contributed by atoms with Crippen LogP contribution in [0.4, 0.5) is 5.95 Å². The molecule has 1 N–H and O–H groups in total. The molecule has 35 heavy (non-hydrogen) atoms. The third kappa shape index (κ3) is 6.41. The van der Waals surface area contributed by atoms with Crippen molar-refractivity contribution in [2.24, 2.45) is 0 Å². The average Bonchev–Trinajstić information content (AvgIpc) is 3.31. The van der Waals surface area contributed by atoms with Gasteiger partial charge in [0, 0.05) is 36.3 Å². The lowest BCUT2D eigenvalue weighted by molar-refractivity contribution is -0.140. The second-order valence-electron chi connectivity index (χ2n) is 8.17. The first kappa shape index (κ1) is 23.9. The molecule has 0 aliphatic heterocycles. The van der Waals surface area contributed by atoms with Crippen LogP contribution < -0.4 is 5.32 Å². The third-order valence-electron chi connectivity index (χ3n) is 5.70. The topological polar surface area (TPSA) is 86.1 Å². The molecule has 0 fully saturated rings. The first-order valence-corrected chi connectivity index (χ1v) is 11.7. The number of methoxy groups -OCH3 is 1. The number of unbranched alkanes of at least 4 members (excludes halogenated alkanes) is 2. The zero-order valence-electron chi connectivity index (χ0n) is 19.7. The van der Waals surface area contributed by atoms with Crippen LogP contribution >= 0.6 is 0 Å². The van der Waals surface area contributed by atoms with E-state index in [9.17, 15) is 9.59 Å². The van der Waals surface area contributed by atoms with Crippen molar-refractivity contribution in [3.8, 4) is 16.8 Å². The van der Waals surface area contributed by atoms with Gasteiger partial charge in [-0.2, -0.15) is 0 Å². The Morgan fingerprint density at radius 3 is 2.49 bits per heavy atom. The summed E-state index contributed by atoms with van der Waals surface area (Å²) in [5.74, 6) is 0.0599. The van der Waals surface area contributed by atoms with E-state index in [1.165, 1.54) is 7.11 Å². The van der Waals surface area contributed by atoms with Gasteiger partial charge in [0.15, 0.2) is 0 Å². The molecule has 7 heteroatoms. The molecule has 178 valence electrons. The molecule has 0 bridgehead atoms. The summed E-state index contributed by atoms with van der Waals surface area (Å²) >= 11 is 0. The highest BCUT2D eigenvalue weighted by Gasteiger charge is 2.15. The van der Waals surface area contributed by atoms with Gasteiger partial charge in [0.05, 0.1) is 12.8 Å². The number of carbonyl (C=O) groups excluding carboxylic acids is 2. The number of nitrogens with zero attached hydrogens (tertiary/aromatic N) is 3. The van der Waals surface area contributed by atoms with E-state index in [1.54, 1.807) is 18.5 Å². The highest BCUT2D eigenvalue weighted by molar-refractivity contribution is 6.04. The second-order valence-corrected chi connectivity index (χ2v) is 8.17. The number of pyridine rings is 1. The Bertz CT molecular complexity index is 1270. The zero-order valence-corrected chi connectivity index (χ0v) is 19.7. The number of nitrogens with one attached hydrogen (secondary N) is 1. The first-order valence-electron chi connectivity index (χ1n) is 11.7. The smallest absolute Gasteiger partial charge is 0.305 e. The molecule has 2 aromatic carbocycles. The zero-order chi connectivity index (χ0) is 24.5. The van der Waals surface area contributed by atoms with E-state index in [2.05, 4.69) is 10.3 Å². The highest BCUT2D eigenvalue weighted by atomic mass is 16.5. The summed E-state index contributed by atoms with van der Waals surface area (Å²) in [6, 6.07) is 21.1. The number of amides is 1. The summed E-state index contributed by atoms with van der Waals surface area (Å²) in [6.07, 6.45) is 9.17. The number of benzene rings is 2. The molecule has 0 spiro atoms. The van der Waals surface area contributed by atoms with E-state index >= 15 is 0 Å². The fourth-order valence-electron chi connectivity index (χ4n) is 3.84. The van der Waals surface area contributed by atoms with Crippen molar-refractivity contribution >= 4 is 17.8 Å². The van der Waals surface area contributed by atoms with Gasteiger partial charge in [-0.3, -0.25) is 24.5 Å². The van der Waals surface area contributed by atoms with Gasteiger partial charge in [-0.15, -0.1) is 0 Å². The van der Waals surface area contributed by atoms with Crippen molar-refractivity contribution in [1.82, 2.24) is 14.5 Å². The molecule has 0 unspecified atom stereocenters. The summed E-state index contributed by atoms with van der Waals surface area (Å²) < 4.78 is 6.59. The normalized spacial score (nSPS) is 10.7. The number of para-hydroxylation sites is 1. The van der Waals surface area contributed by atoms with Crippen LogP contribution in [0.5, 0.6) is 0 Å². The minimum atomic E-state index is -0.228. The van der Waals surface area contributed by atoms with Crippen LogP contribution in [-0.2, 0) is 16.0 Å². The Morgan fingerprint density at radius 2 is 1.71 bits per heavy atom. The molecule has 2 heterocycles. The fraction of sp³-hybridized carbons (Fsp3) is 0.214. The molecule has 0 aliphatic carbocycles. The van der Waals surface area contributed by atoms with E-state index < -0.39 is 0 Å². The maximum Gasteiger partial charge on any atom is 0.305 e. The number of rotatable bonds is 10. The van der Waals surface area contributed by atoms with Crippen molar-refractivity contribution in [3.05, 3.63) is 96.6 Å². The Kier molecular flexibility index (Phi) is 8.01. The molecule has 0 saturated carbocycles. The standard InChI is InChI=1S/C28H28N4O3/c1-35-26(33)14-7-2-4-11-24-20-32(25-12-5-3-6-13-25)28(30-24)31-27(34)23-10-8-9-22(19-23)21-15-17-29-18-16-21/h3,5-6,8-10,12-13,15-20H,2,4,7,11,14H2,1H3,(H,30,31,34). The van der Waals surface area contributed by atoms with Gasteiger partial charge in [-0.05, 0) is 66.8 Å². The van der Waals surface area contributed by atoms with Gasteiger partial charge in [0.25, 0.3) is 5.91 Å². The van der Waals surface area contributed by atoms with E-state index in [-0.39, 0.29) is 11.9 Å². The lowest BCUT2D eigenvalue weighted by Crippen LogP contribution is -2.15. The van der Waals surface area contributed by atoms with E-state index in [0.717, 1.165) is 48.2 Å². The van der Waals surface area contributed by atoms with Gasteiger partial charge in [-0.25, -0.2) is 4.98 Å². The summed E-state index contributed by atoms with van der Waals surface area (Å²) in [5, 5.41) is 2.99. The van der Waals surface area contributed by atoms with Crippen LogP contribution in [0.2, 0.25) is 0 Å². The predicted octanol–water partition coefficient (Wildman–Crippen LogP) is 5.46. The van der Waals surface area contributed by atoms with Gasteiger partial charge < -0.3 is 4.74 Å². The molecule has 1 amide bonds. The van der Waals surface area contributed by atoms with Gasteiger partial charge in [-0.1, -0.05) is 36.8 Å². The summed E-state index contributed by atoms with van der Waals surface area (Å²) in [7, 11) is 1.41. The largest absolute Gasteiger partial charge is 0.469 e. The second kappa shape index (κ2) is 11.7. The van der Waals surface area contributed by atoms with Crippen LogP contribution in [0.3, 0.4) is 0 Å². The first-order chi connectivity index (χ1) is 17.1. The number of esters is 1. The molecule has 0 saturated heterocycles. The van der Waals surface area contributed by atoms with E-state index in [0.29, 0.717) is 17.9 Å². The molecule has 2 aromatic heterocycles. The quantitative estimate of drug-likeness (QED) is 0.247. The molecule has 0 atom stereocenters. The molecular weight excluding hydrogens is 440 g/mol. The summed E-state index contributed by atoms with van der Waals surface area (Å²) in [5.41, 5.74) is 4.28. The van der Waals surface area contributed by atoms with Crippen molar-refractivity contribution in [1.29, 1.82) is 0 Å². The molecule has 0 aliphatic rings. The maximum absolute atomic E-state index is 13.2. The van der Waals surface area contributed by atoms with Crippen LogP contribution in [0.1, 0.15) is 41.7 Å². The molecular formula is C28H28N4O3. The van der Waals surface area contributed by atoms with Crippen molar-refractivity contribution in [2.45, 2.75) is 32.1 Å². The molecule has 4 rings (SSSR count). The highest BCUT2D eigenvalue weighted by Crippen LogP contribution is 2.22. The third-order valence-corrected chi connectivity index (χ3v) is 5.70. The Balaban J connectivity index is 1.50. The number of imidazole rings is 1. The number of carbonyl (C=O) groups is 2. The van der Waals surface area contributed by atoms with Crippen molar-refractivity contribution < 1.29 is 14.3 Å². The maximum atomic E-state index is 13.2. The number of anilines is 1. The van der Waals surface area contributed by atoms with Gasteiger partial charge >= 0.3 is 5.97 Å². The van der Waals surface area contributed by atoms with Gasteiger partial charge in [0.1, 0.15) is 0 Å². The molecule has 4 aromatic rings. The predicted molar refractivity (Wildman–Crippen MR) is 135 cm³/mol. The van der Waals surface area contributed by atoms with Crippen LogP contribution in [0.15, 0.2) is 85.3 Å². The Morgan fingerprint density at radius 1 is 0.914 bits per heavy atom. The van der Waals surface area contributed by atoms with Crippen LogP contribution in [-0.4, -0.2) is 33.5 Å². The van der Waals surface area contributed by atoms with Crippen LogP contribution in [0, 0.1) is 0 Å². The lowest BCUT2D eigenvalue weighted by atomic mass is 10.0. The molecule has 7 nitrogen and oxygen atoms in total. The Labute approximate surface area is 204 Å². The fourth-order valence-corrected chi connectivity index (χ4v) is 3.84. The SMILES string of the molecule is COC(=O)CCCCCc1cn(-c2ccccc2)c(NC(=O)c2cccc(-c3ccncc3)c2)n1. The van der Waals surface area contributed by atoms with E-state index in [1.807, 2.05) is 71.4 Å². The van der Waals surface area contributed by atoms with Gasteiger partial charge in [0.2, 0.25) is 5.95 Å². The van der Waals surface area contributed by atoms with Crippen molar-refractivity contribution in [2.75, 3.05) is 12.4 Å². The van der Waals surface area contributed by atoms with E-state index in [4.69, 9.17) is 9.72 Å². The number of hydrogen-bond donors (Lipinski definition) is 1. The number of ether oxygens (including phenoxy) is 1. The summed E-state index contributed by atoms with van der Waals surface area (Å²) in [4.78, 5) is 33.2. The monoisotopic (exact) mass is 468 g/mol. The minimum Gasteiger partial charge on any atom is -0.469 e. The van der Waals surface area contributed by atoms with Crippen molar-refractivity contribution in [3.63, 3.8) is 0 Å². The average molecular weight is 469 g/mol. The Hall–Kier alpha value is -4.26. The van der Waals surface area contributed by atoms with Crippen LogP contribution in [0.25, 0.3) is 16.8 Å².